The van der Waals surface area contributed by atoms with Gasteiger partial charge in [0.2, 0.25) is 0 Å². The van der Waals surface area contributed by atoms with Crippen LogP contribution >= 0.6 is 0 Å². The van der Waals surface area contributed by atoms with Gasteiger partial charge in [0.05, 0.1) is 12.2 Å². The van der Waals surface area contributed by atoms with Crippen molar-refractivity contribution in [3.05, 3.63) is 136 Å². The zero-order valence-corrected chi connectivity index (χ0v) is 28.6. The number of aromatic hydroxyl groups is 1. The second-order valence-electron chi connectivity index (χ2n) is 13.1. The van der Waals surface area contributed by atoms with Crippen LogP contribution in [0.3, 0.4) is 0 Å². The molecule has 6 rings (SSSR count). The molecule has 0 amide bonds. The first-order chi connectivity index (χ1) is 23.4. The van der Waals surface area contributed by atoms with E-state index in [1.807, 2.05) is 6.07 Å². The van der Waals surface area contributed by atoms with Crippen molar-refractivity contribution in [1.29, 1.82) is 5.31 Å². The number of nitrogens with zero attached hydrogens (tertiary/aromatic N) is 2. The van der Waals surface area contributed by atoms with Gasteiger partial charge in [0.25, 0.3) is 0 Å². The molecule has 0 bridgehead atoms. The summed E-state index contributed by atoms with van der Waals surface area (Å²) in [5.41, 5.74) is 8.59. The van der Waals surface area contributed by atoms with Crippen LogP contribution in [-0.4, -0.2) is 72.0 Å². The minimum atomic E-state index is -0.456. The van der Waals surface area contributed by atoms with E-state index in [9.17, 15) is 15.3 Å². The summed E-state index contributed by atoms with van der Waals surface area (Å²) >= 11 is 0. The molecule has 0 aromatic heterocycles. The van der Waals surface area contributed by atoms with Crippen molar-refractivity contribution in [3.63, 3.8) is 0 Å². The molecule has 2 heterocycles. The van der Waals surface area contributed by atoms with Crippen LogP contribution in [0, 0.1) is 12.2 Å². The van der Waals surface area contributed by atoms with Crippen LogP contribution in [0.2, 0.25) is 0 Å². The van der Waals surface area contributed by atoms with E-state index in [1.165, 1.54) is 41.5 Å². The van der Waals surface area contributed by atoms with E-state index in [2.05, 4.69) is 103 Å². The number of phenolic OH excluding ortho intramolecular Hbond substituents is 1. The molecule has 253 valence electrons. The maximum absolute atomic E-state index is 10.5. The molecule has 7 heteroatoms. The first-order valence-electron chi connectivity index (χ1n) is 17.5. The Morgan fingerprint density at radius 2 is 1.08 bits per heavy atom. The summed E-state index contributed by atoms with van der Waals surface area (Å²) < 4.78 is 0. The van der Waals surface area contributed by atoms with E-state index in [4.69, 9.17) is 5.31 Å². The van der Waals surface area contributed by atoms with Crippen molar-refractivity contribution in [2.75, 3.05) is 39.3 Å². The fourth-order valence-corrected chi connectivity index (χ4v) is 6.86. The second kappa shape index (κ2) is 20.0. The summed E-state index contributed by atoms with van der Waals surface area (Å²) in [6, 6.07) is 33.0. The van der Waals surface area contributed by atoms with Gasteiger partial charge in [-0.05, 0) is 117 Å². The van der Waals surface area contributed by atoms with Gasteiger partial charge in [0.15, 0.2) is 0 Å². The van der Waals surface area contributed by atoms with Crippen LogP contribution in [0.5, 0.6) is 5.75 Å². The Labute approximate surface area is 289 Å². The average molecular weight is 647 g/mol. The van der Waals surface area contributed by atoms with Gasteiger partial charge in [0, 0.05) is 26.2 Å². The molecule has 4 aromatic rings. The number of aliphatic hydroxyl groups excluding tert-OH is 2. The number of hydrogen-bond donors (Lipinski definition) is 4. The van der Waals surface area contributed by atoms with Gasteiger partial charge in [-0.2, -0.15) is 0 Å². The van der Waals surface area contributed by atoms with Gasteiger partial charge in [-0.3, -0.25) is 0 Å². The molecular formula is C41H53BN3O3. The van der Waals surface area contributed by atoms with Gasteiger partial charge in [-0.15, -0.1) is 0 Å². The van der Waals surface area contributed by atoms with Crippen molar-refractivity contribution in [2.45, 2.75) is 70.5 Å². The number of phenols is 1. The first kappa shape index (κ1) is 37.2. The molecule has 0 saturated heterocycles. The molecule has 6 nitrogen and oxygen atoms in total. The van der Waals surface area contributed by atoms with Crippen LogP contribution in [0.15, 0.2) is 97.1 Å². The van der Waals surface area contributed by atoms with Crippen LogP contribution in [0.4, 0.5) is 0 Å². The predicted molar refractivity (Wildman–Crippen MR) is 197 cm³/mol. The van der Waals surface area contributed by atoms with E-state index in [0.717, 1.165) is 81.5 Å². The number of nitrogens with one attached hydrogen (secondary N) is 1. The summed E-state index contributed by atoms with van der Waals surface area (Å²) in [5.74, 6) is 0.285. The van der Waals surface area contributed by atoms with Gasteiger partial charge >= 0.3 is 13.0 Å². The molecule has 0 fully saturated rings. The minimum absolute atomic E-state index is 0.285. The molecular weight excluding hydrogens is 593 g/mol. The van der Waals surface area contributed by atoms with Crippen molar-refractivity contribution >= 4 is 7.64 Å². The molecule has 1 radical (unpaired) electrons. The summed E-state index contributed by atoms with van der Waals surface area (Å²) in [5, 5.41) is 35.8. The summed E-state index contributed by atoms with van der Waals surface area (Å²) in [4.78, 5) is 4.76. The van der Waals surface area contributed by atoms with Gasteiger partial charge in [-0.1, -0.05) is 90.5 Å². The Morgan fingerprint density at radius 3 is 1.58 bits per heavy atom. The Hall–Kier alpha value is -3.62. The molecule has 0 aliphatic carbocycles. The molecule has 2 unspecified atom stereocenters. The van der Waals surface area contributed by atoms with Crippen LogP contribution < -0.4 is 0 Å². The predicted octanol–water partition coefficient (Wildman–Crippen LogP) is 7.13. The summed E-state index contributed by atoms with van der Waals surface area (Å²) in [6.45, 7) is 7.67. The molecule has 0 saturated carbocycles. The van der Waals surface area contributed by atoms with Gasteiger partial charge < -0.3 is 25.1 Å². The van der Waals surface area contributed by atoms with E-state index in [1.54, 1.807) is 12.1 Å². The Morgan fingerprint density at radius 1 is 0.625 bits per heavy atom. The topological polar surface area (TPSA) is 91.0 Å². The average Bonchev–Trinajstić information content (AvgIpc) is 3.37. The molecule has 0 spiro atoms. The standard InChI is InChI=1S/C21H27NO.C20H25NO2.BHN/c1-17-10-11-20-19(15-17)12-14-22(16-21(20)23)13-6-5-9-18-7-3-2-4-8-18;22-18-9-10-19-17(14-18)11-13-21(15-20(19)23)12-5-4-8-16-6-2-1-3-7-16;1-2/h2-4,7-8,10-11,15,21,23H,5-6,9,12-14,16H2,1H3;1-3,6-7,9-10,14,20,22-23H,4-5,8,11-13,15H2;2H. The summed E-state index contributed by atoms with van der Waals surface area (Å²) in [6.07, 6.45) is 8.12. The van der Waals surface area contributed by atoms with Gasteiger partial charge in [-0.25, -0.2) is 0 Å². The van der Waals surface area contributed by atoms with E-state index in [-0.39, 0.29) is 11.9 Å². The van der Waals surface area contributed by atoms with E-state index in [0.29, 0.717) is 6.54 Å². The fraction of sp³-hybridized carbons (Fsp3) is 0.415. The fourth-order valence-electron chi connectivity index (χ4n) is 6.86. The number of aliphatic hydroxyl groups is 2. The second-order valence-corrected chi connectivity index (χ2v) is 13.1. The van der Waals surface area contributed by atoms with Crippen LogP contribution in [0.1, 0.15) is 76.8 Å². The Bertz CT molecular complexity index is 1390. The monoisotopic (exact) mass is 646 g/mol. The zero-order valence-electron chi connectivity index (χ0n) is 28.6. The van der Waals surface area contributed by atoms with Crippen LogP contribution in [-0.2, 0) is 25.7 Å². The third kappa shape index (κ3) is 11.8. The molecule has 2 aliphatic heterocycles. The molecule has 4 aromatic carbocycles. The number of rotatable bonds is 10. The zero-order chi connectivity index (χ0) is 34.1. The molecule has 4 N–H and O–H groups in total. The number of unbranched alkanes of at least 4 members (excludes halogenated alkanes) is 2. The maximum atomic E-state index is 10.5. The quantitative estimate of drug-likeness (QED) is 0.109. The third-order valence-corrected chi connectivity index (χ3v) is 9.47. The number of benzene rings is 4. The third-order valence-electron chi connectivity index (χ3n) is 9.47. The molecule has 48 heavy (non-hydrogen) atoms. The van der Waals surface area contributed by atoms with Crippen molar-refractivity contribution in [3.8, 4) is 5.75 Å². The number of fused-ring (bicyclic) bond motifs is 2. The van der Waals surface area contributed by atoms with E-state index >= 15 is 0 Å². The SMILES string of the molecule is Cc1ccc2c(c1)CCN(CCCCc1ccccc1)CC2O.Oc1ccc2c(c1)CCN(CCCCc1ccccc1)CC2O.[B]=N. The van der Waals surface area contributed by atoms with E-state index < -0.39 is 6.10 Å². The van der Waals surface area contributed by atoms with Crippen molar-refractivity contribution in [1.82, 2.24) is 9.80 Å². The van der Waals surface area contributed by atoms with Crippen molar-refractivity contribution in [2.24, 2.45) is 0 Å². The molecule has 2 aliphatic rings. The van der Waals surface area contributed by atoms with Crippen molar-refractivity contribution < 1.29 is 15.3 Å². The van der Waals surface area contributed by atoms with Crippen LogP contribution in [0.25, 0.3) is 0 Å². The summed E-state index contributed by atoms with van der Waals surface area (Å²) in [7, 11) is 3.75. The normalized spacial score (nSPS) is 17.7. The number of β-amino-alcohol motifs (C(OH)–C–C–N with tert-alkyl or cyclic N) is 2. The molecule has 2 atom stereocenters. The van der Waals surface area contributed by atoms with Gasteiger partial charge in [0.1, 0.15) is 5.75 Å². The first-order valence-corrected chi connectivity index (χ1v) is 17.5. The number of hydrogen-bond acceptors (Lipinski definition) is 6. The Balaban J connectivity index is 0.000000206. The Kier molecular flexibility index (Phi) is 15.5. The number of aryl methyl sites for hydroxylation is 3.